The quantitative estimate of drug-likeness (QED) is 0.617. The number of hydrogen-bond acceptors (Lipinski definition) is 4. The minimum absolute atomic E-state index is 0.105. The predicted molar refractivity (Wildman–Crippen MR) is 123 cm³/mol. The molecule has 2 heterocycles. The Morgan fingerprint density at radius 3 is 2.44 bits per heavy atom. The number of methoxy groups -OCH3 is 1. The van der Waals surface area contributed by atoms with E-state index in [1.165, 1.54) is 0 Å². The smallest absolute Gasteiger partial charge is 0.343 e. The van der Waals surface area contributed by atoms with Crippen LogP contribution in [0.3, 0.4) is 0 Å². The maximum Gasteiger partial charge on any atom is 0.343 e. The lowest BCUT2D eigenvalue weighted by atomic mass is 9.91. The van der Waals surface area contributed by atoms with Crippen molar-refractivity contribution in [2.24, 2.45) is 0 Å². The minimum atomic E-state index is -0.204. The van der Waals surface area contributed by atoms with E-state index in [-0.39, 0.29) is 23.4 Å². The number of piperidine rings is 1. The summed E-state index contributed by atoms with van der Waals surface area (Å²) in [6, 6.07) is 17.7. The SMILES string of the molecule is CCC(C(=O)N1CCC(c2n[nH]c(=O)n2Cc2ccc(OC)cc2)CC1)c1ccccc1. The van der Waals surface area contributed by atoms with Crippen LogP contribution in [0.25, 0.3) is 0 Å². The molecule has 0 spiro atoms. The van der Waals surface area contributed by atoms with Gasteiger partial charge in [0, 0.05) is 19.0 Å². The van der Waals surface area contributed by atoms with Gasteiger partial charge in [-0.2, -0.15) is 5.10 Å². The fourth-order valence-corrected chi connectivity index (χ4v) is 4.52. The van der Waals surface area contributed by atoms with Crippen LogP contribution >= 0.6 is 0 Å². The van der Waals surface area contributed by atoms with Gasteiger partial charge in [0.15, 0.2) is 0 Å². The maximum absolute atomic E-state index is 13.2. The third-order valence-corrected chi connectivity index (χ3v) is 6.37. The molecule has 2 aromatic carbocycles. The number of carbonyl (C=O) groups excluding carboxylic acids is 1. The van der Waals surface area contributed by atoms with Gasteiger partial charge >= 0.3 is 5.69 Å². The molecule has 0 bridgehead atoms. The normalized spacial score (nSPS) is 15.5. The van der Waals surface area contributed by atoms with Gasteiger partial charge in [-0.1, -0.05) is 49.4 Å². The third kappa shape index (κ3) is 4.61. The minimum Gasteiger partial charge on any atom is -0.497 e. The van der Waals surface area contributed by atoms with E-state index < -0.39 is 0 Å². The zero-order valence-corrected chi connectivity index (χ0v) is 18.7. The van der Waals surface area contributed by atoms with Crippen LogP contribution in [0.4, 0.5) is 0 Å². The lowest BCUT2D eigenvalue weighted by Crippen LogP contribution is -2.41. The second kappa shape index (κ2) is 9.85. The van der Waals surface area contributed by atoms with Crippen LogP contribution in [-0.4, -0.2) is 45.8 Å². The molecule has 1 aliphatic heterocycles. The molecule has 1 amide bonds. The largest absolute Gasteiger partial charge is 0.497 e. The number of rotatable bonds is 7. The van der Waals surface area contributed by atoms with E-state index in [1.807, 2.05) is 59.5 Å². The molecule has 1 aliphatic rings. The van der Waals surface area contributed by atoms with Crippen molar-refractivity contribution in [1.29, 1.82) is 0 Å². The van der Waals surface area contributed by atoms with Crippen molar-refractivity contribution in [3.05, 3.63) is 82.0 Å². The summed E-state index contributed by atoms with van der Waals surface area (Å²) in [7, 11) is 1.63. The van der Waals surface area contributed by atoms with Crippen LogP contribution in [-0.2, 0) is 11.3 Å². The number of benzene rings is 2. The summed E-state index contributed by atoms with van der Waals surface area (Å²) in [6.45, 7) is 3.87. The Labute approximate surface area is 188 Å². The van der Waals surface area contributed by atoms with Crippen LogP contribution in [0.15, 0.2) is 59.4 Å². The van der Waals surface area contributed by atoms with E-state index in [9.17, 15) is 9.59 Å². The summed E-state index contributed by atoms with van der Waals surface area (Å²) in [6.07, 6.45) is 2.37. The molecule has 1 saturated heterocycles. The lowest BCUT2D eigenvalue weighted by Gasteiger charge is -2.34. The summed E-state index contributed by atoms with van der Waals surface area (Å²) < 4.78 is 6.92. The molecule has 0 aliphatic carbocycles. The van der Waals surface area contributed by atoms with E-state index in [1.54, 1.807) is 11.7 Å². The Kier molecular flexibility index (Phi) is 6.73. The van der Waals surface area contributed by atoms with Crippen LogP contribution in [0.5, 0.6) is 5.75 Å². The Bertz CT molecular complexity index is 1080. The average molecular weight is 435 g/mol. The molecule has 0 radical (unpaired) electrons. The van der Waals surface area contributed by atoms with Crippen LogP contribution in [0.2, 0.25) is 0 Å². The number of likely N-dealkylation sites (tertiary alicyclic amines) is 1. The van der Waals surface area contributed by atoms with Gasteiger partial charge in [0.2, 0.25) is 5.91 Å². The van der Waals surface area contributed by atoms with Gasteiger partial charge in [0.1, 0.15) is 11.6 Å². The molecule has 7 heteroatoms. The molecule has 1 unspecified atom stereocenters. The molecule has 1 atom stereocenters. The number of carbonyl (C=O) groups is 1. The highest BCUT2D eigenvalue weighted by atomic mass is 16.5. The number of nitrogens with zero attached hydrogens (tertiary/aromatic N) is 3. The van der Waals surface area contributed by atoms with E-state index >= 15 is 0 Å². The van der Waals surface area contributed by atoms with Crippen molar-refractivity contribution >= 4 is 5.91 Å². The van der Waals surface area contributed by atoms with Crippen molar-refractivity contribution in [2.45, 2.75) is 44.6 Å². The monoisotopic (exact) mass is 434 g/mol. The van der Waals surface area contributed by atoms with Gasteiger partial charge in [-0.15, -0.1) is 0 Å². The summed E-state index contributed by atoms with van der Waals surface area (Å²) in [4.78, 5) is 27.6. The second-order valence-electron chi connectivity index (χ2n) is 8.29. The van der Waals surface area contributed by atoms with Crippen molar-refractivity contribution in [1.82, 2.24) is 19.7 Å². The van der Waals surface area contributed by atoms with Gasteiger partial charge in [-0.3, -0.25) is 9.36 Å². The highest BCUT2D eigenvalue weighted by Crippen LogP contribution is 2.29. The predicted octanol–water partition coefficient (Wildman–Crippen LogP) is 3.53. The molecule has 3 aromatic rings. The van der Waals surface area contributed by atoms with E-state index in [0.717, 1.165) is 42.0 Å². The fourth-order valence-electron chi connectivity index (χ4n) is 4.52. The molecule has 0 saturated carbocycles. The van der Waals surface area contributed by atoms with Gasteiger partial charge in [0.25, 0.3) is 0 Å². The summed E-state index contributed by atoms with van der Waals surface area (Å²) in [5.74, 6) is 1.79. The standard InChI is InChI=1S/C25H30N4O3/c1-3-22(19-7-5-4-6-8-19)24(30)28-15-13-20(14-16-28)23-26-27-25(31)29(23)17-18-9-11-21(32-2)12-10-18/h4-12,20,22H,3,13-17H2,1-2H3,(H,27,31). The molecule has 4 rings (SSSR count). The number of nitrogens with one attached hydrogen (secondary N) is 1. The Hall–Kier alpha value is -3.35. The number of aromatic amines is 1. The zero-order chi connectivity index (χ0) is 22.5. The van der Waals surface area contributed by atoms with E-state index in [0.29, 0.717) is 19.6 Å². The van der Waals surface area contributed by atoms with Crippen LogP contribution < -0.4 is 10.4 Å². The Balaban J connectivity index is 1.43. The van der Waals surface area contributed by atoms with Gasteiger partial charge in [-0.05, 0) is 42.5 Å². The van der Waals surface area contributed by atoms with E-state index in [2.05, 4.69) is 17.1 Å². The summed E-state index contributed by atoms with van der Waals surface area (Å²) in [5, 5.41) is 6.95. The van der Waals surface area contributed by atoms with Crippen molar-refractivity contribution in [2.75, 3.05) is 20.2 Å². The molecular weight excluding hydrogens is 404 g/mol. The maximum atomic E-state index is 13.2. The molecule has 1 fully saturated rings. The summed E-state index contributed by atoms with van der Waals surface area (Å²) in [5.41, 5.74) is 1.88. The number of H-pyrrole nitrogens is 1. The van der Waals surface area contributed by atoms with Gasteiger partial charge in [-0.25, -0.2) is 9.89 Å². The second-order valence-corrected chi connectivity index (χ2v) is 8.29. The topological polar surface area (TPSA) is 80.2 Å². The molecule has 168 valence electrons. The van der Waals surface area contributed by atoms with Gasteiger partial charge < -0.3 is 9.64 Å². The van der Waals surface area contributed by atoms with Crippen molar-refractivity contribution in [3.63, 3.8) is 0 Å². The average Bonchev–Trinajstić information content (AvgIpc) is 3.20. The van der Waals surface area contributed by atoms with E-state index in [4.69, 9.17) is 4.74 Å². The molecule has 1 N–H and O–H groups in total. The molecule has 1 aromatic heterocycles. The molecular formula is C25H30N4O3. The Morgan fingerprint density at radius 2 is 1.81 bits per heavy atom. The first-order valence-corrected chi connectivity index (χ1v) is 11.2. The number of aromatic nitrogens is 3. The lowest BCUT2D eigenvalue weighted by molar-refractivity contribution is -0.134. The Morgan fingerprint density at radius 1 is 1.12 bits per heavy atom. The van der Waals surface area contributed by atoms with Crippen molar-refractivity contribution < 1.29 is 9.53 Å². The highest BCUT2D eigenvalue weighted by Gasteiger charge is 2.30. The van der Waals surface area contributed by atoms with Crippen molar-refractivity contribution in [3.8, 4) is 5.75 Å². The third-order valence-electron chi connectivity index (χ3n) is 6.37. The number of amides is 1. The first kappa shape index (κ1) is 21.9. The highest BCUT2D eigenvalue weighted by molar-refractivity contribution is 5.83. The fraction of sp³-hybridized carbons (Fsp3) is 0.400. The number of ether oxygens (including phenoxy) is 1. The molecule has 32 heavy (non-hydrogen) atoms. The summed E-state index contributed by atoms with van der Waals surface area (Å²) >= 11 is 0. The van der Waals surface area contributed by atoms with Gasteiger partial charge in [0.05, 0.1) is 19.6 Å². The number of hydrogen-bond donors (Lipinski definition) is 1. The first-order chi connectivity index (χ1) is 15.6. The van der Waals surface area contributed by atoms with Crippen LogP contribution in [0, 0.1) is 0 Å². The van der Waals surface area contributed by atoms with Crippen LogP contribution in [0.1, 0.15) is 55.0 Å². The zero-order valence-electron chi connectivity index (χ0n) is 18.7. The molecule has 7 nitrogen and oxygen atoms in total. The first-order valence-electron chi connectivity index (χ1n) is 11.2.